The highest BCUT2D eigenvalue weighted by Crippen LogP contribution is 2.09. The highest BCUT2D eigenvalue weighted by molar-refractivity contribution is 7.86. The summed E-state index contributed by atoms with van der Waals surface area (Å²) in [6, 6.07) is 0. The molecule has 13 heavy (non-hydrogen) atoms. The van der Waals surface area contributed by atoms with E-state index >= 15 is 0 Å². The van der Waals surface area contributed by atoms with E-state index in [1.54, 1.807) is 0 Å². The Hall–Kier alpha value is -0.170. The monoisotopic (exact) mass is 209 g/mol. The second kappa shape index (κ2) is 4.90. The van der Waals surface area contributed by atoms with Gasteiger partial charge in [-0.1, -0.05) is 0 Å². The number of hydrogen-bond donors (Lipinski definition) is 1. The normalized spacial score (nSPS) is 23.6. The molecular weight excluding hydrogens is 194 g/mol. The van der Waals surface area contributed by atoms with E-state index in [1.807, 2.05) is 0 Å². The van der Waals surface area contributed by atoms with Gasteiger partial charge in [0, 0.05) is 7.11 Å². The maximum absolute atomic E-state index is 11.2. The summed E-state index contributed by atoms with van der Waals surface area (Å²) in [6.45, 7) is 1.000. The summed E-state index contributed by atoms with van der Waals surface area (Å²) in [5.74, 6) is -0.0817. The van der Waals surface area contributed by atoms with Gasteiger partial charge in [0.05, 0.1) is 12.4 Å². The molecule has 0 bridgehead atoms. The molecule has 1 atom stereocenters. The SMILES string of the molecule is COCCS(=O)(=O)O[C@H]1CCCN1. The van der Waals surface area contributed by atoms with Crippen molar-refractivity contribution in [1.82, 2.24) is 5.32 Å². The highest BCUT2D eigenvalue weighted by atomic mass is 32.2. The van der Waals surface area contributed by atoms with Crippen molar-refractivity contribution in [2.45, 2.75) is 19.1 Å². The van der Waals surface area contributed by atoms with Crippen LogP contribution in [0.2, 0.25) is 0 Å². The Kier molecular flexibility index (Phi) is 4.11. The summed E-state index contributed by atoms with van der Waals surface area (Å²) in [5, 5.41) is 2.95. The Morgan fingerprint density at radius 3 is 2.85 bits per heavy atom. The van der Waals surface area contributed by atoms with Gasteiger partial charge in [-0.15, -0.1) is 0 Å². The van der Waals surface area contributed by atoms with E-state index in [2.05, 4.69) is 10.1 Å². The van der Waals surface area contributed by atoms with Crippen LogP contribution in [0.5, 0.6) is 0 Å². The number of hydrogen-bond acceptors (Lipinski definition) is 5. The Labute approximate surface area is 78.5 Å². The van der Waals surface area contributed by atoms with Gasteiger partial charge in [-0.3, -0.25) is 9.50 Å². The molecule has 0 amide bonds. The van der Waals surface area contributed by atoms with E-state index in [-0.39, 0.29) is 18.6 Å². The average Bonchev–Trinajstić information content (AvgIpc) is 2.52. The first-order valence-electron chi connectivity index (χ1n) is 4.27. The molecule has 1 N–H and O–H groups in total. The summed E-state index contributed by atoms with van der Waals surface area (Å²) in [4.78, 5) is 0. The summed E-state index contributed by atoms with van der Waals surface area (Å²) < 4.78 is 32.0. The molecule has 6 heteroatoms. The van der Waals surface area contributed by atoms with Gasteiger partial charge >= 0.3 is 0 Å². The Morgan fingerprint density at radius 1 is 1.54 bits per heavy atom. The number of rotatable bonds is 5. The van der Waals surface area contributed by atoms with Crippen molar-refractivity contribution in [3.63, 3.8) is 0 Å². The van der Waals surface area contributed by atoms with Crippen LogP contribution in [0.25, 0.3) is 0 Å². The number of methoxy groups -OCH3 is 1. The average molecular weight is 209 g/mol. The van der Waals surface area contributed by atoms with Gasteiger partial charge in [-0.05, 0) is 19.4 Å². The standard InChI is InChI=1S/C7H15NO4S/c1-11-5-6-13(9,10)12-7-3-2-4-8-7/h7-8H,2-6H2,1H3/t7-/m0/s1. The van der Waals surface area contributed by atoms with E-state index < -0.39 is 10.1 Å². The van der Waals surface area contributed by atoms with Crippen LogP contribution in [0, 0.1) is 0 Å². The molecule has 1 heterocycles. The summed E-state index contributed by atoms with van der Waals surface area (Å²) >= 11 is 0. The second-order valence-electron chi connectivity index (χ2n) is 2.94. The van der Waals surface area contributed by atoms with Crippen LogP contribution < -0.4 is 5.32 Å². The Bertz CT molecular complexity index is 233. The molecule has 0 aromatic carbocycles. The van der Waals surface area contributed by atoms with Crippen LogP contribution in [0.4, 0.5) is 0 Å². The van der Waals surface area contributed by atoms with E-state index in [9.17, 15) is 8.42 Å². The molecule has 0 unspecified atom stereocenters. The largest absolute Gasteiger partial charge is 0.384 e. The Balaban J connectivity index is 2.32. The van der Waals surface area contributed by atoms with Crippen LogP contribution in [0.1, 0.15) is 12.8 Å². The second-order valence-corrected chi connectivity index (χ2v) is 4.65. The van der Waals surface area contributed by atoms with E-state index in [0.29, 0.717) is 0 Å². The topological polar surface area (TPSA) is 64.6 Å². The van der Waals surface area contributed by atoms with E-state index in [1.165, 1.54) is 7.11 Å². The minimum Gasteiger partial charge on any atom is -0.384 e. The summed E-state index contributed by atoms with van der Waals surface area (Å²) in [6.07, 6.45) is 1.39. The third-order valence-corrected chi connectivity index (χ3v) is 3.01. The van der Waals surface area contributed by atoms with Gasteiger partial charge in [0.15, 0.2) is 0 Å². The zero-order valence-electron chi connectivity index (χ0n) is 7.65. The van der Waals surface area contributed by atoms with Gasteiger partial charge < -0.3 is 4.74 Å². The minimum absolute atomic E-state index is 0.0817. The van der Waals surface area contributed by atoms with Crippen molar-refractivity contribution in [3.8, 4) is 0 Å². The summed E-state index contributed by atoms with van der Waals surface area (Å²) in [5.41, 5.74) is 0. The first-order valence-corrected chi connectivity index (χ1v) is 5.85. The fraction of sp³-hybridized carbons (Fsp3) is 1.00. The first-order chi connectivity index (χ1) is 6.14. The molecule has 1 aliphatic heterocycles. The molecule has 0 saturated carbocycles. The third-order valence-electron chi connectivity index (χ3n) is 1.82. The third kappa shape index (κ3) is 4.04. The maximum Gasteiger partial charge on any atom is 0.271 e. The van der Waals surface area contributed by atoms with Gasteiger partial charge in [-0.2, -0.15) is 8.42 Å². The molecular formula is C7H15NO4S. The number of ether oxygens (including phenoxy) is 1. The van der Waals surface area contributed by atoms with Crippen molar-refractivity contribution in [1.29, 1.82) is 0 Å². The van der Waals surface area contributed by atoms with Crippen LogP contribution in [0.15, 0.2) is 0 Å². The van der Waals surface area contributed by atoms with E-state index in [4.69, 9.17) is 4.18 Å². The molecule has 1 rings (SSSR count). The highest BCUT2D eigenvalue weighted by Gasteiger charge is 2.21. The van der Waals surface area contributed by atoms with Gasteiger partial charge in [-0.25, -0.2) is 0 Å². The zero-order chi connectivity index (χ0) is 9.73. The lowest BCUT2D eigenvalue weighted by Gasteiger charge is -2.11. The van der Waals surface area contributed by atoms with Crippen molar-refractivity contribution >= 4 is 10.1 Å². The smallest absolute Gasteiger partial charge is 0.271 e. The van der Waals surface area contributed by atoms with Crippen molar-refractivity contribution in [3.05, 3.63) is 0 Å². The molecule has 1 aliphatic rings. The lowest BCUT2D eigenvalue weighted by Crippen LogP contribution is -2.29. The van der Waals surface area contributed by atoms with Crippen LogP contribution in [-0.2, 0) is 19.0 Å². The maximum atomic E-state index is 11.2. The van der Waals surface area contributed by atoms with Crippen molar-refractivity contribution in [2.75, 3.05) is 26.0 Å². The van der Waals surface area contributed by atoms with E-state index in [0.717, 1.165) is 19.4 Å². The lowest BCUT2D eigenvalue weighted by atomic mass is 10.4. The minimum atomic E-state index is -3.41. The molecule has 0 aromatic rings. The predicted molar refractivity (Wildman–Crippen MR) is 47.8 cm³/mol. The molecule has 78 valence electrons. The van der Waals surface area contributed by atoms with Gasteiger partial charge in [0.1, 0.15) is 6.23 Å². The summed E-state index contributed by atoms with van der Waals surface area (Å²) in [7, 11) is -1.95. The van der Waals surface area contributed by atoms with Crippen molar-refractivity contribution < 1.29 is 17.3 Å². The molecule has 5 nitrogen and oxygen atoms in total. The molecule has 0 radical (unpaired) electrons. The van der Waals surface area contributed by atoms with Crippen molar-refractivity contribution in [2.24, 2.45) is 0 Å². The zero-order valence-corrected chi connectivity index (χ0v) is 8.47. The van der Waals surface area contributed by atoms with Crippen LogP contribution >= 0.6 is 0 Å². The quantitative estimate of drug-likeness (QED) is 0.629. The number of nitrogens with one attached hydrogen (secondary N) is 1. The van der Waals surface area contributed by atoms with Crippen LogP contribution in [0.3, 0.4) is 0 Å². The first kappa shape index (κ1) is 10.9. The lowest BCUT2D eigenvalue weighted by molar-refractivity contribution is 0.183. The molecule has 1 saturated heterocycles. The van der Waals surface area contributed by atoms with Crippen LogP contribution in [-0.4, -0.2) is 40.7 Å². The Morgan fingerprint density at radius 2 is 2.31 bits per heavy atom. The van der Waals surface area contributed by atoms with Gasteiger partial charge in [0.25, 0.3) is 10.1 Å². The fourth-order valence-corrected chi connectivity index (χ4v) is 2.13. The predicted octanol–water partition coefficient (Wildman–Crippen LogP) is -0.311. The molecule has 0 aromatic heterocycles. The molecule has 0 spiro atoms. The molecule has 1 fully saturated rings. The molecule has 0 aliphatic carbocycles. The van der Waals surface area contributed by atoms with Gasteiger partial charge in [0.2, 0.25) is 0 Å². The fourth-order valence-electron chi connectivity index (χ4n) is 1.15.